The van der Waals surface area contributed by atoms with E-state index in [2.05, 4.69) is 50.8 Å². The summed E-state index contributed by atoms with van der Waals surface area (Å²) in [7, 11) is 0. The number of amides is 6. The Hall–Kier alpha value is -5.92. The number of ketones is 1. The summed E-state index contributed by atoms with van der Waals surface area (Å²) in [5.41, 5.74) is 11.0. The van der Waals surface area contributed by atoms with Crippen molar-refractivity contribution in [1.29, 1.82) is 0 Å². The summed E-state index contributed by atoms with van der Waals surface area (Å²) in [5, 5.41) is 13.6. The molecule has 2 atom stereocenters. The van der Waals surface area contributed by atoms with Gasteiger partial charge in [-0.15, -0.1) is 0 Å². The summed E-state index contributed by atoms with van der Waals surface area (Å²) >= 11 is 0. The van der Waals surface area contributed by atoms with Crippen LogP contribution in [-0.4, -0.2) is 68.1 Å². The number of Topliss-reactive ketones (excluding diaryl/α,β-unsaturated/α-hetero) is 1. The first-order valence-electron chi connectivity index (χ1n) is 19.7. The van der Waals surface area contributed by atoms with E-state index in [1.54, 1.807) is 31.2 Å². The molecule has 0 saturated heterocycles. The van der Waals surface area contributed by atoms with Crippen molar-refractivity contribution in [2.24, 2.45) is 17.6 Å². The van der Waals surface area contributed by atoms with Crippen LogP contribution < -0.4 is 32.3 Å². The second kappa shape index (κ2) is 22.6. The zero-order valence-electron chi connectivity index (χ0n) is 33.1. The summed E-state index contributed by atoms with van der Waals surface area (Å²) in [4.78, 5) is 75.3. The number of fused-ring (bicyclic) bond motifs is 3. The zero-order valence-corrected chi connectivity index (χ0v) is 33.1. The Labute approximate surface area is 334 Å². The van der Waals surface area contributed by atoms with E-state index in [1.807, 2.05) is 38.1 Å². The Morgan fingerprint density at radius 1 is 0.737 bits per heavy atom. The van der Waals surface area contributed by atoms with Crippen molar-refractivity contribution in [3.05, 3.63) is 89.5 Å². The molecule has 3 aromatic carbocycles. The maximum absolute atomic E-state index is 13.6. The highest BCUT2D eigenvalue weighted by molar-refractivity contribution is 5.97. The zero-order chi connectivity index (χ0) is 41.2. The third-order valence-corrected chi connectivity index (χ3v) is 9.78. The predicted molar refractivity (Wildman–Crippen MR) is 217 cm³/mol. The van der Waals surface area contributed by atoms with Crippen LogP contribution in [-0.2, 0) is 30.5 Å². The fourth-order valence-electron chi connectivity index (χ4n) is 6.82. The first kappa shape index (κ1) is 43.8. The molecule has 1 aliphatic rings. The van der Waals surface area contributed by atoms with Crippen molar-refractivity contribution >= 4 is 41.5 Å². The lowest BCUT2D eigenvalue weighted by molar-refractivity contribution is -0.131. The van der Waals surface area contributed by atoms with Gasteiger partial charge in [0.2, 0.25) is 11.8 Å². The summed E-state index contributed by atoms with van der Waals surface area (Å²) in [6, 6.07) is 21.6. The smallest absolute Gasteiger partial charge is 0.407 e. The number of rotatable bonds is 22. The highest BCUT2D eigenvalue weighted by Gasteiger charge is 2.30. The van der Waals surface area contributed by atoms with Gasteiger partial charge in [-0.25, -0.2) is 14.4 Å². The van der Waals surface area contributed by atoms with E-state index in [4.69, 9.17) is 15.2 Å². The number of carbonyl (C=O) groups is 6. The lowest BCUT2D eigenvalue weighted by Crippen LogP contribution is -2.45. The number of primary amides is 1. The molecule has 0 fully saturated rings. The molecule has 0 bridgehead atoms. The molecule has 0 aromatic heterocycles. The molecular weight excluding hydrogens is 729 g/mol. The van der Waals surface area contributed by atoms with Gasteiger partial charge in [-0.3, -0.25) is 14.4 Å². The van der Waals surface area contributed by atoms with Gasteiger partial charge in [0.05, 0.1) is 6.04 Å². The first-order valence-corrected chi connectivity index (χ1v) is 19.7. The minimum atomic E-state index is -0.795. The number of anilines is 1. The van der Waals surface area contributed by atoms with E-state index in [0.29, 0.717) is 50.9 Å². The molecular formula is C43H56N6O8. The van der Waals surface area contributed by atoms with Crippen LogP contribution in [0.3, 0.4) is 0 Å². The minimum Gasteiger partial charge on any atom is -0.449 e. The fourth-order valence-corrected chi connectivity index (χ4v) is 6.82. The molecule has 0 spiro atoms. The number of ether oxygens (including phenoxy) is 2. The number of urea groups is 1. The second-order valence-electron chi connectivity index (χ2n) is 14.4. The van der Waals surface area contributed by atoms with Gasteiger partial charge in [0.15, 0.2) is 5.78 Å². The van der Waals surface area contributed by atoms with Crippen LogP contribution in [0.2, 0.25) is 0 Å². The van der Waals surface area contributed by atoms with Crippen molar-refractivity contribution in [2.75, 3.05) is 31.6 Å². The predicted octanol–water partition coefficient (Wildman–Crippen LogP) is 6.14. The van der Waals surface area contributed by atoms with Gasteiger partial charge in [-0.1, -0.05) is 80.9 Å². The third kappa shape index (κ3) is 14.0. The van der Waals surface area contributed by atoms with Crippen LogP contribution in [0.15, 0.2) is 72.8 Å². The van der Waals surface area contributed by atoms with Gasteiger partial charge < -0.3 is 41.8 Å². The molecule has 0 unspecified atom stereocenters. The highest BCUT2D eigenvalue weighted by Crippen LogP contribution is 2.44. The van der Waals surface area contributed by atoms with Crippen LogP contribution in [0.4, 0.5) is 20.1 Å². The van der Waals surface area contributed by atoms with E-state index in [9.17, 15) is 28.8 Å². The molecule has 0 aliphatic heterocycles. The molecule has 14 heteroatoms. The van der Waals surface area contributed by atoms with Gasteiger partial charge in [0, 0.05) is 50.0 Å². The summed E-state index contributed by atoms with van der Waals surface area (Å²) < 4.78 is 10.7. The van der Waals surface area contributed by atoms with E-state index in [1.165, 1.54) is 0 Å². The van der Waals surface area contributed by atoms with Crippen molar-refractivity contribution in [3.63, 3.8) is 0 Å². The summed E-state index contributed by atoms with van der Waals surface area (Å²) in [6.45, 7) is 6.84. The number of hydrogen-bond acceptors (Lipinski definition) is 8. The van der Waals surface area contributed by atoms with Crippen molar-refractivity contribution < 1.29 is 38.2 Å². The van der Waals surface area contributed by atoms with Crippen molar-refractivity contribution in [1.82, 2.24) is 21.3 Å². The lowest BCUT2D eigenvalue weighted by Gasteiger charge is -2.24. The maximum atomic E-state index is 13.6. The summed E-state index contributed by atoms with van der Waals surface area (Å²) in [5.74, 6) is -1.91. The number of alkyl carbamates (subject to hydrolysis) is 2. The minimum absolute atomic E-state index is 0.0187. The molecule has 1 aliphatic carbocycles. The van der Waals surface area contributed by atoms with E-state index in [-0.39, 0.29) is 62.0 Å². The summed E-state index contributed by atoms with van der Waals surface area (Å²) in [6.07, 6.45) is 1.66. The molecule has 306 valence electrons. The Balaban J connectivity index is 1.19. The monoisotopic (exact) mass is 784 g/mol. The molecule has 3 aromatic rings. The topological polar surface area (TPSA) is 207 Å². The third-order valence-electron chi connectivity index (χ3n) is 9.78. The SMILES string of the molecule is CCNC(=O)OCc1ccc(NC(=O)[C@H](CCCNC(N)=O)CC(=O)[C@@H](NC(=O)CCCCCNC(=O)OCC2c3ccccc3-c3ccccc32)C(C)C)cc1. The maximum Gasteiger partial charge on any atom is 0.407 e. The first-order chi connectivity index (χ1) is 27.5. The molecule has 4 rings (SSSR count). The number of nitrogens with two attached hydrogens (primary N) is 1. The number of hydrogen-bond donors (Lipinski definition) is 6. The Morgan fingerprint density at radius 2 is 1.37 bits per heavy atom. The largest absolute Gasteiger partial charge is 0.449 e. The van der Waals surface area contributed by atoms with Crippen molar-refractivity contribution in [2.45, 2.75) is 84.3 Å². The average molecular weight is 785 g/mol. The normalized spacial score (nSPS) is 12.7. The molecule has 6 amide bonds. The Kier molecular flexibility index (Phi) is 17.4. The van der Waals surface area contributed by atoms with Gasteiger partial charge in [-0.2, -0.15) is 0 Å². The molecule has 0 saturated carbocycles. The van der Waals surface area contributed by atoms with E-state index < -0.39 is 30.2 Å². The quantitative estimate of drug-likeness (QED) is 0.0652. The molecule has 14 nitrogen and oxygen atoms in total. The second-order valence-corrected chi connectivity index (χ2v) is 14.4. The van der Waals surface area contributed by atoms with Crippen LogP contribution >= 0.6 is 0 Å². The van der Waals surface area contributed by atoms with Crippen LogP contribution in [0.1, 0.15) is 88.3 Å². The van der Waals surface area contributed by atoms with Crippen LogP contribution in [0, 0.1) is 11.8 Å². The fraction of sp³-hybridized carbons (Fsp3) is 0.442. The molecule has 0 radical (unpaired) electrons. The number of nitrogens with one attached hydrogen (secondary N) is 5. The number of benzene rings is 3. The van der Waals surface area contributed by atoms with Crippen LogP contribution in [0.5, 0.6) is 0 Å². The highest BCUT2D eigenvalue weighted by atomic mass is 16.6. The molecule has 7 N–H and O–H groups in total. The molecule has 0 heterocycles. The number of unbranched alkanes of at least 4 members (excludes halogenated alkanes) is 2. The Bertz CT molecular complexity index is 1790. The van der Waals surface area contributed by atoms with Gasteiger partial charge >= 0.3 is 18.2 Å². The lowest BCUT2D eigenvalue weighted by atomic mass is 9.89. The molecule has 57 heavy (non-hydrogen) atoms. The standard InChI is InChI=1S/C43H56N6O8/c1-4-45-42(54)56-26-29-19-21-31(22-20-29)48-40(52)30(13-12-24-46-41(44)53)25-37(50)39(28(2)3)49-38(51)18-6-5-11-23-47-43(55)57-27-36-34-16-9-7-14-32(34)33-15-8-10-17-35(33)36/h7-10,14-17,19-22,28,30,36,39H,4-6,11-13,18,23-27H2,1-3H3,(H,45,54)(H,47,55)(H,48,52)(H,49,51)(H3,44,46,53)/t30-,39+/m1/s1. The average Bonchev–Trinajstić information content (AvgIpc) is 3.51. The van der Waals surface area contributed by atoms with Crippen LogP contribution in [0.25, 0.3) is 11.1 Å². The number of carbonyl (C=O) groups excluding carboxylic acids is 6. The Morgan fingerprint density at radius 3 is 2.00 bits per heavy atom. The van der Waals surface area contributed by atoms with E-state index >= 15 is 0 Å². The van der Waals surface area contributed by atoms with Gasteiger partial charge in [-0.05, 0) is 78.5 Å². The van der Waals surface area contributed by atoms with Gasteiger partial charge in [0.1, 0.15) is 13.2 Å². The van der Waals surface area contributed by atoms with Gasteiger partial charge in [0.25, 0.3) is 0 Å². The van der Waals surface area contributed by atoms with E-state index in [0.717, 1.165) is 27.8 Å². The van der Waals surface area contributed by atoms with Crippen molar-refractivity contribution in [3.8, 4) is 11.1 Å².